The van der Waals surface area contributed by atoms with Gasteiger partial charge in [0.05, 0.1) is 11.8 Å². The first kappa shape index (κ1) is 14.8. The van der Waals surface area contributed by atoms with Gasteiger partial charge in [0.15, 0.2) is 0 Å². The van der Waals surface area contributed by atoms with Gasteiger partial charge in [-0.25, -0.2) is 0 Å². The number of furan rings is 1. The summed E-state index contributed by atoms with van der Waals surface area (Å²) in [6.45, 7) is 5.60. The van der Waals surface area contributed by atoms with E-state index in [1.807, 2.05) is 32.0 Å². The van der Waals surface area contributed by atoms with Gasteiger partial charge in [0.2, 0.25) is 0 Å². The van der Waals surface area contributed by atoms with Crippen molar-refractivity contribution in [3.63, 3.8) is 0 Å². The number of nitrogens with one attached hydrogen (secondary N) is 1. The maximum Gasteiger partial charge on any atom is 0.311 e. The molecule has 2 N–H and O–H groups in total. The van der Waals surface area contributed by atoms with Crippen LogP contribution in [-0.2, 0) is 11.2 Å². The second-order valence-electron chi connectivity index (χ2n) is 4.99. The molecule has 21 heavy (non-hydrogen) atoms. The molecule has 0 unspecified atom stereocenters. The van der Waals surface area contributed by atoms with Crippen molar-refractivity contribution in [3.05, 3.63) is 52.5 Å². The number of carboxylic acid groups (broad SMARTS) is 1. The Morgan fingerprint density at radius 3 is 2.57 bits per heavy atom. The van der Waals surface area contributed by atoms with E-state index in [4.69, 9.17) is 9.52 Å². The molecule has 0 atom stereocenters. The molecule has 0 aliphatic carbocycles. The van der Waals surface area contributed by atoms with Crippen molar-refractivity contribution in [2.24, 2.45) is 0 Å². The number of benzene rings is 1. The van der Waals surface area contributed by atoms with Crippen molar-refractivity contribution in [3.8, 4) is 0 Å². The highest BCUT2D eigenvalue weighted by Gasteiger charge is 2.21. The smallest absolute Gasteiger partial charge is 0.311 e. The quantitative estimate of drug-likeness (QED) is 0.905. The normalized spacial score (nSPS) is 10.4. The number of hydrogen-bond acceptors (Lipinski definition) is 3. The lowest BCUT2D eigenvalue weighted by Gasteiger charge is -2.10. The van der Waals surface area contributed by atoms with Crippen molar-refractivity contribution in [2.45, 2.75) is 27.2 Å². The number of anilines is 1. The van der Waals surface area contributed by atoms with Crippen LogP contribution in [0.1, 0.15) is 32.8 Å². The van der Waals surface area contributed by atoms with E-state index in [1.165, 1.54) is 6.26 Å². The third kappa shape index (κ3) is 3.13. The summed E-state index contributed by atoms with van der Waals surface area (Å²) in [6, 6.07) is 5.63. The lowest BCUT2D eigenvalue weighted by Crippen LogP contribution is -2.16. The second kappa shape index (κ2) is 5.83. The van der Waals surface area contributed by atoms with Crippen LogP contribution in [0.5, 0.6) is 0 Å². The number of carboxylic acids is 1. The SMILES string of the molecule is Cc1cccc(NC(=O)c2c(C)coc2CC(=O)O)c1C. The van der Waals surface area contributed by atoms with Crippen molar-refractivity contribution in [1.82, 2.24) is 0 Å². The number of aliphatic carboxylic acids is 1. The Balaban J connectivity index is 2.30. The van der Waals surface area contributed by atoms with Gasteiger partial charge in [-0.1, -0.05) is 12.1 Å². The van der Waals surface area contributed by atoms with Gasteiger partial charge in [0.1, 0.15) is 12.2 Å². The maximum atomic E-state index is 12.4. The third-order valence-electron chi connectivity index (χ3n) is 3.44. The van der Waals surface area contributed by atoms with E-state index in [0.717, 1.165) is 11.1 Å². The van der Waals surface area contributed by atoms with Crippen LogP contribution in [0.4, 0.5) is 5.69 Å². The third-order valence-corrected chi connectivity index (χ3v) is 3.44. The van der Waals surface area contributed by atoms with E-state index in [2.05, 4.69) is 5.32 Å². The Morgan fingerprint density at radius 1 is 1.19 bits per heavy atom. The van der Waals surface area contributed by atoms with Crippen molar-refractivity contribution >= 4 is 17.6 Å². The molecule has 5 nitrogen and oxygen atoms in total. The first-order valence-electron chi connectivity index (χ1n) is 6.56. The fraction of sp³-hybridized carbons (Fsp3) is 0.250. The van der Waals surface area contributed by atoms with Gasteiger partial charge in [-0.2, -0.15) is 0 Å². The van der Waals surface area contributed by atoms with Gasteiger partial charge in [0, 0.05) is 11.3 Å². The number of carbonyl (C=O) groups is 2. The molecule has 0 radical (unpaired) electrons. The monoisotopic (exact) mass is 287 g/mol. The number of amides is 1. The van der Waals surface area contributed by atoms with Crippen LogP contribution >= 0.6 is 0 Å². The zero-order valence-corrected chi connectivity index (χ0v) is 12.2. The van der Waals surface area contributed by atoms with Gasteiger partial charge < -0.3 is 14.8 Å². The van der Waals surface area contributed by atoms with Gasteiger partial charge in [0.25, 0.3) is 5.91 Å². The highest BCUT2D eigenvalue weighted by Crippen LogP contribution is 2.22. The van der Waals surface area contributed by atoms with Crippen molar-refractivity contribution in [1.29, 1.82) is 0 Å². The molecule has 2 aromatic rings. The molecule has 0 saturated heterocycles. The molecule has 0 fully saturated rings. The summed E-state index contributed by atoms with van der Waals surface area (Å²) in [6.07, 6.45) is 1.08. The summed E-state index contributed by atoms with van der Waals surface area (Å²) >= 11 is 0. The summed E-state index contributed by atoms with van der Waals surface area (Å²) in [7, 11) is 0. The van der Waals surface area contributed by atoms with Crippen LogP contribution in [0, 0.1) is 20.8 Å². The minimum atomic E-state index is -1.04. The summed E-state index contributed by atoms with van der Waals surface area (Å²) in [4.78, 5) is 23.2. The fourth-order valence-electron chi connectivity index (χ4n) is 2.14. The topological polar surface area (TPSA) is 79.5 Å². The van der Waals surface area contributed by atoms with Gasteiger partial charge in [-0.05, 0) is 38.0 Å². The highest BCUT2D eigenvalue weighted by molar-refractivity contribution is 6.06. The van der Waals surface area contributed by atoms with Gasteiger partial charge >= 0.3 is 5.97 Å². The molecule has 1 heterocycles. The highest BCUT2D eigenvalue weighted by atomic mass is 16.4. The Labute approximate surface area is 122 Å². The molecule has 0 saturated carbocycles. The molecule has 0 bridgehead atoms. The van der Waals surface area contributed by atoms with Gasteiger partial charge in [-0.3, -0.25) is 9.59 Å². The minimum Gasteiger partial charge on any atom is -0.481 e. The largest absolute Gasteiger partial charge is 0.481 e. The standard InChI is InChI=1S/C16H17NO4/c1-9-5-4-6-12(11(9)3)17-16(20)15-10(2)8-21-13(15)7-14(18)19/h4-6,8H,7H2,1-3H3,(H,17,20)(H,18,19). The Bertz CT molecular complexity index is 700. The van der Waals surface area contributed by atoms with E-state index in [9.17, 15) is 9.59 Å². The van der Waals surface area contributed by atoms with Crippen LogP contribution in [0.25, 0.3) is 0 Å². The lowest BCUT2D eigenvalue weighted by molar-refractivity contribution is -0.136. The van der Waals surface area contributed by atoms with Crippen LogP contribution in [0.15, 0.2) is 28.9 Å². The van der Waals surface area contributed by atoms with Crippen LogP contribution in [0.3, 0.4) is 0 Å². The first-order valence-corrected chi connectivity index (χ1v) is 6.56. The molecule has 110 valence electrons. The summed E-state index contributed by atoms with van der Waals surface area (Å²) in [5.74, 6) is -1.22. The molecule has 0 aliphatic rings. The predicted octanol–water partition coefficient (Wildman–Crippen LogP) is 3.08. The van der Waals surface area contributed by atoms with E-state index in [1.54, 1.807) is 6.92 Å². The molecular weight excluding hydrogens is 270 g/mol. The molecule has 5 heteroatoms. The number of carbonyl (C=O) groups excluding carboxylic acids is 1. The lowest BCUT2D eigenvalue weighted by atomic mass is 10.1. The predicted molar refractivity (Wildman–Crippen MR) is 78.7 cm³/mol. The molecule has 0 aliphatic heterocycles. The van der Waals surface area contributed by atoms with E-state index < -0.39 is 5.97 Å². The molecular formula is C16H17NO4. The zero-order valence-electron chi connectivity index (χ0n) is 12.2. The average molecular weight is 287 g/mol. The van der Waals surface area contributed by atoms with Crippen LogP contribution in [0.2, 0.25) is 0 Å². The van der Waals surface area contributed by atoms with Crippen molar-refractivity contribution < 1.29 is 19.1 Å². The minimum absolute atomic E-state index is 0.169. The fourth-order valence-corrected chi connectivity index (χ4v) is 2.14. The van der Waals surface area contributed by atoms with Crippen LogP contribution in [-0.4, -0.2) is 17.0 Å². The number of rotatable bonds is 4. The van der Waals surface area contributed by atoms with E-state index in [0.29, 0.717) is 16.8 Å². The van der Waals surface area contributed by atoms with E-state index >= 15 is 0 Å². The first-order chi connectivity index (χ1) is 9.90. The zero-order chi connectivity index (χ0) is 15.6. The molecule has 2 rings (SSSR count). The molecule has 1 amide bonds. The number of aryl methyl sites for hydroxylation is 2. The summed E-state index contributed by atoms with van der Waals surface area (Å²) in [5, 5.41) is 11.7. The molecule has 1 aromatic carbocycles. The molecule has 0 spiro atoms. The van der Waals surface area contributed by atoms with Gasteiger partial charge in [-0.15, -0.1) is 0 Å². The summed E-state index contributed by atoms with van der Waals surface area (Å²) < 4.78 is 5.18. The van der Waals surface area contributed by atoms with Crippen molar-refractivity contribution in [2.75, 3.05) is 5.32 Å². The Morgan fingerprint density at radius 2 is 1.90 bits per heavy atom. The molecule has 1 aromatic heterocycles. The number of hydrogen-bond donors (Lipinski definition) is 2. The van der Waals surface area contributed by atoms with E-state index in [-0.39, 0.29) is 18.1 Å². The van der Waals surface area contributed by atoms with Crippen LogP contribution < -0.4 is 5.32 Å². The summed E-state index contributed by atoms with van der Waals surface area (Å²) in [5.41, 5.74) is 3.67. The second-order valence-corrected chi connectivity index (χ2v) is 4.99. The maximum absolute atomic E-state index is 12.4. The Hall–Kier alpha value is -2.56. The average Bonchev–Trinajstić information content (AvgIpc) is 2.75. The Kier molecular flexibility index (Phi) is 4.12.